The highest BCUT2D eigenvalue weighted by Gasteiger charge is 2.49. The van der Waals surface area contributed by atoms with Gasteiger partial charge in [0.05, 0.1) is 0 Å². The Kier molecular flexibility index (Phi) is 4.46. The van der Waals surface area contributed by atoms with E-state index in [2.05, 4.69) is 10.6 Å². The molecule has 0 aromatic heterocycles. The molecule has 3 atom stereocenters. The Balaban J connectivity index is 1.88. The molecule has 1 aliphatic heterocycles. The van der Waals surface area contributed by atoms with Gasteiger partial charge in [-0.3, -0.25) is 4.79 Å². The van der Waals surface area contributed by atoms with Crippen molar-refractivity contribution in [3.05, 3.63) is 0 Å². The summed E-state index contributed by atoms with van der Waals surface area (Å²) in [6, 6.07) is -1.06. The number of urea groups is 1. The molecule has 0 spiro atoms. The van der Waals surface area contributed by atoms with Gasteiger partial charge in [-0.05, 0) is 24.7 Å². The third kappa shape index (κ3) is 3.02. The number of carbonyl (C=O) groups is 3. The van der Waals surface area contributed by atoms with Crippen LogP contribution in [-0.4, -0.2) is 53.6 Å². The number of amides is 3. The molecule has 3 N–H and O–H groups in total. The van der Waals surface area contributed by atoms with Gasteiger partial charge in [0.25, 0.3) is 0 Å². The topological polar surface area (TPSA) is 98.7 Å². The van der Waals surface area contributed by atoms with Crippen molar-refractivity contribution in [2.24, 2.45) is 11.8 Å². The van der Waals surface area contributed by atoms with Gasteiger partial charge in [0.15, 0.2) is 0 Å². The predicted octanol–water partition coefficient (Wildman–Crippen LogP) is 0.0172. The zero-order valence-electron chi connectivity index (χ0n) is 11.6. The van der Waals surface area contributed by atoms with Crippen LogP contribution >= 0.6 is 0 Å². The molecule has 7 nitrogen and oxygen atoms in total. The fraction of sp³-hybridized carbons (Fsp3) is 0.769. The number of fused-ring (bicyclic) bond motifs is 1. The lowest BCUT2D eigenvalue weighted by Crippen LogP contribution is -2.49. The van der Waals surface area contributed by atoms with Crippen molar-refractivity contribution in [3.63, 3.8) is 0 Å². The van der Waals surface area contributed by atoms with Crippen molar-refractivity contribution in [1.29, 1.82) is 0 Å². The van der Waals surface area contributed by atoms with Crippen LogP contribution < -0.4 is 10.6 Å². The number of likely N-dealkylation sites (tertiary alicyclic amines) is 1. The van der Waals surface area contributed by atoms with Crippen LogP contribution in [-0.2, 0) is 9.59 Å². The number of carbonyl (C=O) groups excluding carboxylic acids is 2. The van der Waals surface area contributed by atoms with Crippen molar-refractivity contribution in [1.82, 2.24) is 15.5 Å². The van der Waals surface area contributed by atoms with Crippen LogP contribution in [0.5, 0.6) is 0 Å². The first-order valence-corrected chi connectivity index (χ1v) is 7.02. The molecule has 20 heavy (non-hydrogen) atoms. The lowest BCUT2D eigenvalue weighted by molar-refractivity contribution is -0.142. The Hall–Kier alpha value is -1.79. The number of hydrogen-bond acceptors (Lipinski definition) is 3. The van der Waals surface area contributed by atoms with E-state index in [0.29, 0.717) is 25.6 Å². The fourth-order valence-electron chi connectivity index (χ4n) is 3.34. The molecule has 0 aromatic carbocycles. The number of carboxylic acids is 1. The van der Waals surface area contributed by atoms with Crippen LogP contribution in [0, 0.1) is 11.8 Å². The van der Waals surface area contributed by atoms with Gasteiger partial charge < -0.3 is 20.6 Å². The molecule has 2 fully saturated rings. The summed E-state index contributed by atoms with van der Waals surface area (Å²) in [4.78, 5) is 35.6. The molecule has 1 saturated carbocycles. The monoisotopic (exact) mass is 283 g/mol. The van der Waals surface area contributed by atoms with Gasteiger partial charge in [-0.2, -0.15) is 0 Å². The largest absolute Gasteiger partial charge is 0.480 e. The summed E-state index contributed by atoms with van der Waals surface area (Å²) in [6.07, 6.45) is 2.94. The van der Waals surface area contributed by atoms with Gasteiger partial charge in [0, 0.05) is 26.6 Å². The average molecular weight is 283 g/mol. The van der Waals surface area contributed by atoms with E-state index in [1.54, 1.807) is 0 Å². The highest BCUT2D eigenvalue weighted by Crippen LogP contribution is 2.42. The minimum atomic E-state index is -0.920. The molecule has 2 rings (SSSR count). The number of carboxylic acid groups (broad SMARTS) is 1. The molecule has 7 heteroatoms. The lowest BCUT2D eigenvalue weighted by atomic mass is 9.94. The van der Waals surface area contributed by atoms with Crippen LogP contribution in [0.15, 0.2) is 0 Å². The number of nitrogens with one attached hydrogen (secondary N) is 2. The molecule has 3 amide bonds. The molecule has 0 aromatic rings. The molecule has 1 saturated heterocycles. The van der Waals surface area contributed by atoms with Gasteiger partial charge in [-0.1, -0.05) is 6.42 Å². The molecular weight excluding hydrogens is 262 g/mol. The minimum Gasteiger partial charge on any atom is -0.480 e. The summed E-state index contributed by atoms with van der Waals surface area (Å²) in [6.45, 7) is 2.58. The van der Waals surface area contributed by atoms with E-state index in [0.717, 1.165) is 19.3 Å². The summed E-state index contributed by atoms with van der Waals surface area (Å²) in [5.74, 6) is -0.666. The summed E-state index contributed by atoms with van der Waals surface area (Å²) < 4.78 is 0. The number of hydrogen-bond donors (Lipinski definition) is 3. The van der Waals surface area contributed by atoms with E-state index in [-0.39, 0.29) is 17.9 Å². The molecule has 2 aliphatic rings. The maximum atomic E-state index is 12.1. The van der Waals surface area contributed by atoms with Crippen molar-refractivity contribution >= 4 is 17.9 Å². The average Bonchev–Trinajstić information content (AvgIpc) is 2.92. The molecule has 1 aliphatic carbocycles. The molecular formula is C13H21N3O4. The molecule has 0 bridgehead atoms. The Morgan fingerprint density at radius 3 is 2.55 bits per heavy atom. The summed E-state index contributed by atoms with van der Waals surface area (Å²) in [7, 11) is 0. The molecule has 1 heterocycles. The smallest absolute Gasteiger partial charge is 0.326 e. The van der Waals surface area contributed by atoms with E-state index in [4.69, 9.17) is 0 Å². The highest BCUT2D eigenvalue weighted by atomic mass is 16.4. The van der Waals surface area contributed by atoms with Crippen LogP contribution in [0.4, 0.5) is 4.79 Å². The van der Waals surface area contributed by atoms with Gasteiger partial charge >= 0.3 is 12.0 Å². The molecule has 0 radical (unpaired) electrons. The van der Waals surface area contributed by atoms with E-state index in [1.807, 2.05) is 0 Å². The maximum absolute atomic E-state index is 12.1. The van der Waals surface area contributed by atoms with E-state index < -0.39 is 12.0 Å². The number of aliphatic carboxylic acids is 1. The van der Waals surface area contributed by atoms with Gasteiger partial charge in [0.2, 0.25) is 5.91 Å². The Morgan fingerprint density at radius 1 is 1.20 bits per heavy atom. The van der Waals surface area contributed by atoms with Gasteiger partial charge in [-0.15, -0.1) is 0 Å². The lowest BCUT2D eigenvalue weighted by Gasteiger charge is -2.24. The van der Waals surface area contributed by atoms with E-state index >= 15 is 0 Å². The third-order valence-corrected chi connectivity index (χ3v) is 4.18. The normalized spacial score (nSPS) is 28.1. The SMILES string of the molecule is CC(=O)NCCNC(=O)N1CC2CCCC2C1C(=O)O. The van der Waals surface area contributed by atoms with E-state index in [1.165, 1.54) is 11.8 Å². The molecule has 112 valence electrons. The fourth-order valence-corrected chi connectivity index (χ4v) is 3.34. The summed E-state index contributed by atoms with van der Waals surface area (Å²) in [5.41, 5.74) is 0. The first kappa shape index (κ1) is 14.6. The predicted molar refractivity (Wildman–Crippen MR) is 71.0 cm³/mol. The quantitative estimate of drug-likeness (QED) is 0.633. The standard InChI is InChI=1S/C13H21N3O4/c1-8(17)14-5-6-15-13(20)16-7-9-3-2-4-10(9)11(16)12(18)19/h9-11H,2-7H2,1H3,(H,14,17)(H,15,20)(H,18,19). The third-order valence-electron chi connectivity index (χ3n) is 4.18. The van der Waals surface area contributed by atoms with Crippen molar-refractivity contribution in [2.45, 2.75) is 32.2 Å². The summed E-state index contributed by atoms with van der Waals surface area (Å²) in [5, 5.41) is 14.6. The first-order chi connectivity index (χ1) is 9.50. The zero-order valence-corrected chi connectivity index (χ0v) is 11.6. The van der Waals surface area contributed by atoms with Crippen molar-refractivity contribution in [3.8, 4) is 0 Å². The minimum absolute atomic E-state index is 0.0913. The zero-order chi connectivity index (χ0) is 14.7. The van der Waals surface area contributed by atoms with Crippen LogP contribution in [0.3, 0.4) is 0 Å². The Labute approximate surface area is 117 Å². The number of rotatable bonds is 4. The Morgan fingerprint density at radius 2 is 1.90 bits per heavy atom. The van der Waals surface area contributed by atoms with Crippen LogP contribution in [0.1, 0.15) is 26.2 Å². The van der Waals surface area contributed by atoms with Crippen LogP contribution in [0.25, 0.3) is 0 Å². The number of nitrogens with zero attached hydrogens (tertiary/aromatic N) is 1. The molecule has 3 unspecified atom stereocenters. The first-order valence-electron chi connectivity index (χ1n) is 7.02. The van der Waals surface area contributed by atoms with Crippen molar-refractivity contribution < 1.29 is 19.5 Å². The second kappa shape index (κ2) is 6.11. The maximum Gasteiger partial charge on any atom is 0.326 e. The second-order valence-electron chi connectivity index (χ2n) is 5.51. The Bertz CT molecular complexity index is 412. The van der Waals surface area contributed by atoms with Gasteiger partial charge in [-0.25, -0.2) is 9.59 Å². The van der Waals surface area contributed by atoms with E-state index in [9.17, 15) is 19.5 Å². The summed E-state index contributed by atoms with van der Waals surface area (Å²) >= 11 is 0. The van der Waals surface area contributed by atoms with Crippen LogP contribution in [0.2, 0.25) is 0 Å². The highest BCUT2D eigenvalue weighted by molar-refractivity contribution is 5.84. The van der Waals surface area contributed by atoms with Crippen molar-refractivity contribution in [2.75, 3.05) is 19.6 Å². The second-order valence-corrected chi connectivity index (χ2v) is 5.51. The van der Waals surface area contributed by atoms with Gasteiger partial charge in [0.1, 0.15) is 6.04 Å².